The Morgan fingerprint density at radius 2 is 1.38 bits per heavy atom. The summed E-state index contributed by atoms with van der Waals surface area (Å²) in [4.78, 5) is 11.7. The molecule has 0 aliphatic rings. The van der Waals surface area contributed by atoms with E-state index < -0.39 is 5.41 Å². The van der Waals surface area contributed by atoms with E-state index in [2.05, 4.69) is 36.4 Å². The summed E-state index contributed by atoms with van der Waals surface area (Å²) in [6, 6.07) is 18.4. The summed E-state index contributed by atoms with van der Waals surface area (Å²) in [5.74, 6) is -0.159. The van der Waals surface area contributed by atoms with Crippen molar-refractivity contribution < 1.29 is 14.3 Å². The molecule has 0 saturated heterocycles. The van der Waals surface area contributed by atoms with Crippen molar-refractivity contribution in [3.8, 4) is 0 Å². The minimum absolute atomic E-state index is 0.159. The normalized spacial score (nSPS) is 11.3. The zero-order valence-corrected chi connectivity index (χ0v) is 14.7. The van der Waals surface area contributed by atoms with Gasteiger partial charge in [0.05, 0.1) is 25.2 Å². The predicted molar refractivity (Wildman–Crippen MR) is 95.5 cm³/mol. The number of carbonyl (C=O) groups is 1. The number of benzene rings is 2. The lowest BCUT2D eigenvalue weighted by Gasteiger charge is -2.16. The van der Waals surface area contributed by atoms with Crippen LogP contribution in [0.15, 0.2) is 54.6 Å². The third kappa shape index (κ3) is 6.17. The molecular weight excluding hydrogens is 300 g/mol. The van der Waals surface area contributed by atoms with E-state index in [-0.39, 0.29) is 5.97 Å². The Balaban J connectivity index is 1.71. The fourth-order valence-corrected chi connectivity index (χ4v) is 2.14. The van der Waals surface area contributed by atoms with Crippen molar-refractivity contribution in [2.24, 2.45) is 5.41 Å². The summed E-state index contributed by atoms with van der Waals surface area (Å²) in [5, 5.41) is 0. The topological polar surface area (TPSA) is 35.5 Å². The molecule has 3 heteroatoms. The lowest BCUT2D eigenvalue weighted by Crippen LogP contribution is -2.23. The lowest BCUT2D eigenvalue weighted by molar-refractivity contribution is -0.152. The quantitative estimate of drug-likeness (QED) is 0.701. The molecule has 0 saturated carbocycles. The molecule has 0 radical (unpaired) electrons. The van der Waals surface area contributed by atoms with Gasteiger partial charge in [0.1, 0.15) is 0 Å². The zero-order chi connectivity index (χ0) is 17.4. The van der Waals surface area contributed by atoms with E-state index in [1.54, 1.807) is 0 Å². The zero-order valence-electron chi connectivity index (χ0n) is 14.7. The summed E-state index contributed by atoms with van der Waals surface area (Å²) < 4.78 is 11.0. The number of carbonyl (C=O) groups excluding carboxylic acids is 1. The molecule has 2 rings (SSSR count). The Kier molecular flexibility index (Phi) is 6.56. The van der Waals surface area contributed by atoms with Gasteiger partial charge in [0.15, 0.2) is 0 Å². The maximum atomic E-state index is 11.7. The van der Waals surface area contributed by atoms with E-state index in [1.165, 1.54) is 5.56 Å². The molecule has 0 N–H and O–H groups in total. The molecule has 0 aromatic heterocycles. The first kappa shape index (κ1) is 18.2. The second-order valence-electron chi connectivity index (χ2n) is 6.93. The van der Waals surface area contributed by atoms with Gasteiger partial charge in [-0.1, -0.05) is 54.6 Å². The number of rotatable bonds is 7. The van der Waals surface area contributed by atoms with Gasteiger partial charge in [0, 0.05) is 6.42 Å². The van der Waals surface area contributed by atoms with Crippen LogP contribution in [0.5, 0.6) is 0 Å². The largest absolute Gasteiger partial charge is 0.465 e. The molecule has 0 fully saturated rings. The number of hydrogen-bond acceptors (Lipinski definition) is 3. The molecule has 2 aromatic rings. The molecule has 0 bridgehead atoms. The van der Waals surface area contributed by atoms with Gasteiger partial charge in [-0.3, -0.25) is 4.79 Å². The maximum Gasteiger partial charge on any atom is 0.311 e. The summed E-state index contributed by atoms with van der Waals surface area (Å²) in [6.07, 6.45) is 0.729. The van der Waals surface area contributed by atoms with Gasteiger partial charge >= 0.3 is 5.97 Å². The molecule has 0 atom stereocenters. The maximum absolute atomic E-state index is 11.7. The van der Waals surface area contributed by atoms with Crippen molar-refractivity contribution in [2.75, 3.05) is 6.61 Å². The second kappa shape index (κ2) is 8.65. The van der Waals surface area contributed by atoms with E-state index in [0.717, 1.165) is 17.5 Å². The first-order chi connectivity index (χ1) is 11.4. The number of esters is 1. The first-order valence-corrected chi connectivity index (χ1v) is 8.32. The first-order valence-electron chi connectivity index (χ1n) is 8.32. The van der Waals surface area contributed by atoms with Crippen molar-refractivity contribution in [1.29, 1.82) is 0 Å². The van der Waals surface area contributed by atoms with E-state index in [1.807, 2.05) is 39.0 Å². The summed E-state index contributed by atoms with van der Waals surface area (Å²) >= 11 is 0. The van der Waals surface area contributed by atoms with Crippen LogP contribution in [-0.4, -0.2) is 12.6 Å². The van der Waals surface area contributed by atoms with Gasteiger partial charge in [0.2, 0.25) is 0 Å². The summed E-state index contributed by atoms with van der Waals surface area (Å²) in [7, 11) is 0. The molecule has 0 heterocycles. The molecule has 128 valence electrons. The highest BCUT2D eigenvalue weighted by Crippen LogP contribution is 2.15. The van der Waals surface area contributed by atoms with Gasteiger partial charge in [-0.25, -0.2) is 0 Å². The monoisotopic (exact) mass is 326 g/mol. The predicted octanol–water partition coefficient (Wildman–Crippen LogP) is 4.54. The minimum atomic E-state index is -0.444. The molecule has 3 nitrogen and oxygen atoms in total. The van der Waals surface area contributed by atoms with Gasteiger partial charge in [-0.05, 0) is 37.5 Å². The standard InChI is InChI=1S/C21H26O3/c1-21(2,3)20(22)24-14-13-17-9-11-19(12-10-17)16-23-15-18-7-5-4-6-8-18/h4-12H,13-16H2,1-3H3. The van der Waals surface area contributed by atoms with E-state index in [0.29, 0.717) is 19.8 Å². The Labute approximate surface area is 144 Å². The lowest BCUT2D eigenvalue weighted by atomic mass is 9.97. The van der Waals surface area contributed by atoms with Crippen molar-refractivity contribution >= 4 is 5.97 Å². The molecule has 0 spiro atoms. The van der Waals surface area contributed by atoms with Crippen LogP contribution >= 0.6 is 0 Å². The molecule has 0 amide bonds. The molecule has 0 aliphatic heterocycles. The SMILES string of the molecule is CC(C)(C)C(=O)OCCc1ccc(COCc2ccccc2)cc1. The van der Waals surface area contributed by atoms with Gasteiger partial charge < -0.3 is 9.47 Å². The van der Waals surface area contributed by atoms with Gasteiger partial charge in [0.25, 0.3) is 0 Å². The highest BCUT2D eigenvalue weighted by atomic mass is 16.5. The second-order valence-corrected chi connectivity index (χ2v) is 6.93. The van der Waals surface area contributed by atoms with Crippen molar-refractivity contribution in [2.45, 2.75) is 40.4 Å². The fourth-order valence-electron chi connectivity index (χ4n) is 2.14. The van der Waals surface area contributed by atoms with E-state index >= 15 is 0 Å². The fraction of sp³-hybridized carbons (Fsp3) is 0.381. The van der Waals surface area contributed by atoms with Crippen LogP contribution in [0.1, 0.15) is 37.5 Å². The van der Waals surface area contributed by atoms with Crippen molar-refractivity contribution in [3.05, 3.63) is 71.3 Å². The third-order valence-electron chi connectivity index (χ3n) is 3.64. The van der Waals surface area contributed by atoms with Crippen LogP contribution in [0.2, 0.25) is 0 Å². The van der Waals surface area contributed by atoms with E-state index in [9.17, 15) is 4.79 Å². The molecule has 2 aromatic carbocycles. The van der Waals surface area contributed by atoms with Crippen LogP contribution < -0.4 is 0 Å². The highest BCUT2D eigenvalue weighted by molar-refractivity contribution is 5.75. The van der Waals surface area contributed by atoms with Gasteiger partial charge in [-0.2, -0.15) is 0 Å². The summed E-state index contributed by atoms with van der Waals surface area (Å²) in [6.45, 7) is 7.21. The van der Waals surface area contributed by atoms with Crippen LogP contribution in [0, 0.1) is 5.41 Å². The Morgan fingerprint density at radius 3 is 1.96 bits per heavy atom. The van der Waals surface area contributed by atoms with Crippen molar-refractivity contribution in [3.63, 3.8) is 0 Å². The Morgan fingerprint density at radius 1 is 0.833 bits per heavy atom. The minimum Gasteiger partial charge on any atom is -0.465 e. The summed E-state index contributed by atoms with van der Waals surface area (Å²) in [5.41, 5.74) is 3.03. The molecular formula is C21H26O3. The Bertz CT molecular complexity index is 624. The van der Waals surface area contributed by atoms with E-state index in [4.69, 9.17) is 9.47 Å². The molecule has 24 heavy (non-hydrogen) atoms. The van der Waals surface area contributed by atoms with Gasteiger partial charge in [-0.15, -0.1) is 0 Å². The highest BCUT2D eigenvalue weighted by Gasteiger charge is 2.22. The van der Waals surface area contributed by atoms with Crippen LogP contribution in [0.25, 0.3) is 0 Å². The number of hydrogen-bond donors (Lipinski definition) is 0. The number of ether oxygens (including phenoxy) is 2. The van der Waals surface area contributed by atoms with Crippen LogP contribution in [-0.2, 0) is 33.9 Å². The smallest absolute Gasteiger partial charge is 0.311 e. The Hall–Kier alpha value is -2.13. The van der Waals surface area contributed by atoms with Crippen molar-refractivity contribution in [1.82, 2.24) is 0 Å². The average molecular weight is 326 g/mol. The molecule has 0 unspecified atom stereocenters. The third-order valence-corrected chi connectivity index (χ3v) is 3.64. The van der Waals surface area contributed by atoms with Crippen LogP contribution in [0.3, 0.4) is 0 Å². The average Bonchev–Trinajstić information content (AvgIpc) is 2.56. The molecule has 0 aliphatic carbocycles. The van der Waals surface area contributed by atoms with Crippen LogP contribution in [0.4, 0.5) is 0 Å².